The summed E-state index contributed by atoms with van der Waals surface area (Å²) >= 11 is 0. The van der Waals surface area contributed by atoms with Crippen LogP contribution in [0.3, 0.4) is 0 Å². The molecular formula is C13H12N4O3. The lowest BCUT2D eigenvalue weighted by atomic mass is 10.2. The number of carbonyl (C=O) groups excluding carboxylic acids is 1. The van der Waals surface area contributed by atoms with Crippen LogP contribution in [0.25, 0.3) is 0 Å². The Morgan fingerprint density at radius 2 is 2.05 bits per heavy atom. The Kier molecular flexibility index (Phi) is 3.99. The molecule has 0 saturated carbocycles. The molecule has 2 N–H and O–H groups in total. The molecule has 0 radical (unpaired) electrons. The van der Waals surface area contributed by atoms with E-state index in [4.69, 9.17) is 5.11 Å². The Bertz CT molecular complexity index is 658. The molecule has 0 atom stereocenters. The number of rotatable bonds is 4. The summed E-state index contributed by atoms with van der Waals surface area (Å²) in [5.74, 6) is -1.15. The summed E-state index contributed by atoms with van der Waals surface area (Å²) in [6.07, 6.45) is 2.96. The van der Waals surface area contributed by atoms with E-state index in [1.807, 2.05) is 0 Å². The molecule has 2 rings (SSSR count). The first-order valence-electron chi connectivity index (χ1n) is 5.83. The highest BCUT2D eigenvalue weighted by Gasteiger charge is 2.17. The normalized spacial score (nSPS) is 10.1. The van der Waals surface area contributed by atoms with Gasteiger partial charge in [-0.1, -0.05) is 0 Å². The summed E-state index contributed by atoms with van der Waals surface area (Å²) in [4.78, 5) is 34.8. The molecule has 2 heterocycles. The molecule has 2 aromatic heterocycles. The number of aromatic nitrogens is 3. The van der Waals surface area contributed by atoms with E-state index in [0.717, 1.165) is 0 Å². The maximum absolute atomic E-state index is 11.9. The largest absolute Gasteiger partial charge is 0.478 e. The van der Waals surface area contributed by atoms with Crippen LogP contribution in [0.2, 0.25) is 0 Å². The van der Waals surface area contributed by atoms with Crippen molar-refractivity contribution in [1.82, 2.24) is 20.3 Å². The third kappa shape index (κ3) is 3.14. The summed E-state index contributed by atoms with van der Waals surface area (Å²) in [6, 6.07) is 4.47. The molecule has 0 bridgehead atoms. The minimum absolute atomic E-state index is 0.120. The summed E-state index contributed by atoms with van der Waals surface area (Å²) < 4.78 is 0. The number of aromatic carboxylic acids is 1. The third-order valence-corrected chi connectivity index (χ3v) is 2.52. The number of carbonyl (C=O) groups is 2. The molecule has 20 heavy (non-hydrogen) atoms. The molecule has 0 saturated heterocycles. The van der Waals surface area contributed by atoms with Crippen molar-refractivity contribution >= 4 is 11.9 Å². The van der Waals surface area contributed by atoms with Crippen molar-refractivity contribution in [3.05, 3.63) is 53.4 Å². The molecule has 0 fully saturated rings. The van der Waals surface area contributed by atoms with Gasteiger partial charge in [0.1, 0.15) is 11.5 Å². The van der Waals surface area contributed by atoms with E-state index in [1.165, 1.54) is 18.3 Å². The Morgan fingerprint density at radius 1 is 1.25 bits per heavy atom. The lowest BCUT2D eigenvalue weighted by Crippen LogP contribution is -2.26. The summed E-state index contributed by atoms with van der Waals surface area (Å²) in [7, 11) is 0. The van der Waals surface area contributed by atoms with Crippen LogP contribution in [-0.4, -0.2) is 31.9 Å². The zero-order valence-corrected chi connectivity index (χ0v) is 10.7. The van der Waals surface area contributed by atoms with Crippen LogP contribution in [-0.2, 0) is 6.54 Å². The fraction of sp³-hybridized carbons (Fsp3) is 0.154. The first-order chi connectivity index (χ1) is 9.58. The monoisotopic (exact) mass is 272 g/mol. The van der Waals surface area contributed by atoms with Gasteiger partial charge in [-0.2, -0.15) is 0 Å². The molecule has 0 aliphatic carbocycles. The van der Waals surface area contributed by atoms with Gasteiger partial charge >= 0.3 is 5.97 Å². The van der Waals surface area contributed by atoms with Crippen molar-refractivity contribution in [2.75, 3.05) is 0 Å². The molecule has 0 aliphatic heterocycles. The van der Waals surface area contributed by atoms with E-state index in [0.29, 0.717) is 11.5 Å². The average molecular weight is 272 g/mol. The van der Waals surface area contributed by atoms with Gasteiger partial charge in [0, 0.05) is 12.4 Å². The Morgan fingerprint density at radius 3 is 2.75 bits per heavy atom. The number of amides is 1. The van der Waals surface area contributed by atoms with E-state index in [-0.39, 0.29) is 17.8 Å². The van der Waals surface area contributed by atoms with Crippen LogP contribution >= 0.6 is 0 Å². The van der Waals surface area contributed by atoms with E-state index < -0.39 is 11.9 Å². The van der Waals surface area contributed by atoms with Crippen LogP contribution in [0.5, 0.6) is 0 Å². The summed E-state index contributed by atoms with van der Waals surface area (Å²) in [5.41, 5.74) is 0.383. The van der Waals surface area contributed by atoms with Gasteiger partial charge in [-0.15, -0.1) is 0 Å². The second kappa shape index (κ2) is 5.87. The molecule has 0 aliphatic rings. The summed E-state index contributed by atoms with van der Waals surface area (Å²) in [6.45, 7) is 1.92. The van der Waals surface area contributed by atoms with Crippen molar-refractivity contribution in [2.24, 2.45) is 0 Å². The fourth-order valence-corrected chi connectivity index (χ4v) is 1.62. The molecule has 1 amide bonds. The van der Waals surface area contributed by atoms with E-state index in [1.54, 1.807) is 19.2 Å². The quantitative estimate of drug-likeness (QED) is 0.853. The van der Waals surface area contributed by atoms with Gasteiger partial charge in [-0.05, 0) is 25.1 Å². The highest BCUT2D eigenvalue weighted by Crippen LogP contribution is 2.05. The first-order valence-corrected chi connectivity index (χ1v) is 5.83. The zero-order chi connectivity index (χ0) is 14.5. The van der Waals surface area contributed by atoms with E-state index >= 15 is 0 Å². The maximum atomic E-state index is 11.9. The van der Waals surface area contributed by atoms with Crippen molar-refractivity contribution < 1.29 is 14.7 Å². The predicted octanol–water partition coefficient (Wildman–Crippen LogP) is 0.808. The van der Waals surface area contributed by atoms with Gasteiger partial charge < -0.3 is 10.4 Å². The van der Waals surface area contributed by atoms with E-state index in [9.17, 15) is 9.59 Å². The lowest BCUT2D eigenvalue weighted by molar-refractivity contribution is 0.0690. The number of carboxylic acid groups (broad SMARTS) is 1. The Labute approximate surface area is 114 Å². The third-order valence-electron chi connectivity index (χ3n) is 2.52. The summed E-state index contributed by atoms with van der Waals surface area (Å²) in [5, 5.41) is 11.6. The first kappa shape index (κ1) is 13.6. The number of hydrogen-bond donors (Lipinski definition) is 2. The number of aryl methyl sites for hydroxylation is 1. The smallest absolute Gasteiger partial charge is 0.338 e. The van der Waals surface area contributed by atoms with Gasteiger partial charge in [-0.3, -0.25) is 9.78 Å². The molecule has 7 heteroatoms. The van der Waals surface area contributed by atoms with Crippen LogP contribution in [0, 0.1) is 6.92 Å². The van der Waals surface area contributed by atoms with Crippen LogP contribution in [0.15, 0.2) is 30.6 Å². The lowest BCUT2D eigenvalue weighted by Gasteiger charge is -2.06. The number of carboxylic acids is 1. The Balaban J connectivity index is 2.11. The zero-order valence-electron chi connectivity index (χ0n) is 10.7. The van der Waals surface area contributed by atoms with Crippen molar-refractivity contribution in [2.45, 2.75) is 13.5 Å². The van der Waals surface area contributed by atoms with Crippen LogP contribution < -0.4 is 5.32 Å². The van der Waals surface area contributed by atoms with Gasteiger partial charge in [0.15, 0.2) is 0 Å². The number of nitrogens with zero attached hydrogens (tertiary/aromatic N) is 3. The van der Waals surface area contributed by atoms with Crippen molar-refractivity contribution in [3.8, 4) is 0 Å². The highest BCUT2D eigenvalue weighted by atomic mass is 16.4. The van der Waals surface area contributed by atoms with Crippen molar-refractivity contribution in [3.63, 3.8) is 0 Å². The number of pyridine rings is 1. The van der Waals surface area contributed by atoms with Gasteiger partial charge in [0.25, 0.3) is 5.91 Å². The molecule has 0 unspecified atom stereocenters. The maximum Gasteiger partial charge on any atom is 0.338 e. The average Bonchev–Trinajstić information content (AvgIpc) is 2.45. The van der Waals surface area contributed by atoms with Crippen molar-refractivity contribution in [1.29, 1.82) is 0 Å². The standard InChI is InChI=1S/C13H12N4O3/c1-8-14-6-4-9(17-8)7-16-12(18)11-10(13(19)20)3-2-5-15-11/h2-6H,7H2,1H3,(H,16,18)(H,19,20). The molecular weight excluding hydrogens is 260 g/mol. The second-order valence-corrected chi connectivity index (χ2v) is 3.98. The van der Waals surface area contributed by atoms with E-state index in [2.05, 4.69) is 20.3 Å². The molecule has 7 nitrogen and oxygen atoms in total. The Hall–Kier alpha value is -2.83. The number of hydrogen-bond acceptors (Lipinski definition) is 5. The minimum Gasteiger partial charge on any atom is -0.478 e. The van der Waals surface area contributed by atoms with Gasteiger partial charge in [-0.25, -0.2) is 14.8 Å². The SMILES string of the molecule is Cc1nccc(CNC(=O)c2ncccc2C(=O)O)n1. The molecule has 2 aromatic rings. The molecule has 102 valence electrons. The predicted molar refractivity (Wildman–Crippen MR) is 69.1 cm³/mol. The molecule has 0 aromatic carbocycles. The van der Waals surface area contributed by atoms with Gasteiger partial charge in [0.2, 0.25) is 0 Å². The van der Waals surface area contributed by atoms with Gasteiger partial charge in [0.05, 0.1) is 17.8 Å². The second-order valence-electron chi connectivity index (χ2n) is 3.98. The molecule has 0 spiro atoms. The minimum atomic E-state index is -1.19. The number of nitrogens with one attached hydrogen (secondary N) is 1. The highest BCUT2D eigenvalue weighted by molar-refractivity contribution is 6.03. The van der Waals surface area contributed by atoms with Crippen LogP contribution in [0.1, 0.15) is 32.4 Å². The topological polar surface area (TPSA) is 105 Å². The fourth-order valence-electron chi connectivity index (χ4n) is 1.62. The van der Waals surface area contributed by atoms with Crippen LogP contribution in [0.4, 0.5) is 0 Å².